The molecule has 2 N–H and O–H groups in total. The first-order valence-electron chi connectivity index (χ1n) is 10.8. The van der Waals surface area contributed by atoms with Crippen molar-refractivity contribution in [3.05, 3.63) is 65.2 Å². The number of hydrogen-bond acceptors (Lipinski definition) is 5. The standard InChI is InChI=1S/C23H27F2N3O5S/c1-15(2)21(27-22(29)20-18(24)4-3-5-19(20)25)23(30)26-14-16-6-8-17(9-7-16)34(31,32)28-10-12-33-13-11-28/h3-9,15,21H,10-14H2,1-2H3,(H,26,30)(H,27,29)/t21-/m0/s1. The lowest BCUT2D eigenvalue weighted by Gasteiger charge is -2.26. The predicted octanol–water partition coefficient (Wildman–Crippen LogP) is 2.06. The Labute approximate surface area is 197 Å². The van der Waals surface area contributed by atoms with Crippen LogP contribution in [0, 0.1) is 17.6 Å². The van der Waals surface area contributed by atoms with Crippen molar-refractivity contribution in [1.82, 2.24) is 14.9 Å². The molecule has 0 aliphatic carbocycles. The van der Waals surface area contributed by atoms with Gasteiger partial charge in [-0.25, -0.2) is 17.2 Å². The quantitative estimate of drug-likeness (QED) is 0.583. The highest BCUT2D eigenvalue weighted by atomic mass is 32.2. The van der Waals surface area contributed by atoms with Gasteiger partial charge in [-0.05, 0) is 35.7 Å². The predicted molar refractivity (Wildman–Crippen MR) is 120 cm³/mol. The molecule has 34 heavy (non-hydrogen) atoms. The van der Waals surface area contributed by atoms with Crippen molar-refractivity contribution in [2.45, 2.75) is 31.3 Å². The third-order valence-electron chi connectivity index (χ3n) is 5.42. The van der Waals surface area contributed by atoms with Crippen LogP contribution >= 0.6 is 0 Å². The first-order chi connectivity index (χ1) is 16.1. The van der Waals surface area contributed by atoms with E-state index in [0.717, 1.165) is 18.2 Å². The van der Waals surface area contributed by atoms with Crippen LogP contribution in [0.15, 0.2) is 47.4 Å². The van der Waals surface area contributed by atoms with Gasteiger partial charge in [0.2, 0.25) is 15.9 Å². The van der Waals surface area contributed by atoms with Crippen LogP contribution < -0.4 is 10.6 Å². The second-order valence-corrected chi connectivity index (χ2v) is 10.1. The van der Waals surface area contributed by atoms with Gasteiger partial charge in [0.25, 0.3) is 5.91 Å². The number of benzene rings is 2. The van der Waals surface area contributed by atoms with E-state index in [-0.39, 0.29) is 17.4 Å². The Kier molecular flexibility index (Phi) is 8.34. The lowest BCUT2D eigenvalue weighted by molar-refractivity contribution is -0.124. The van der Waals surface area contributed by atoms with Crippen molar-refractivity contribution in [3.8, 4) is 0 Å². The Morgan fingerprint density at radius 2 is 1.62 bits per heavy atom. The van der Waals surface area contributed by atoms with E-state index in [0.29, 0.717) is 31.9 Å². The molecule has 0 aromatic heterocycles. The number of hydrogen-bond donors (Lipinski definition) is 2. The van der Waals surface area contributed by atoms with Gasteiger partial charge < -0.3 is 15.4 Å². The van der Waals surface area contributed by atoms with E-state index in [1.165, 1.54) is 16.4 Å². The van der Waals surface area contributed by atoms with Gasteiger partial charge in [-0.2, -0.15) is 4.31 Å². The smallest absolute Gasteiger partial charge is 0.257 e. The van der Waals surface area contributed by atoms with Crippen molar-refractivity contribution >= 4 is 21.8 Å². The molecule has 1 heterocycles. The molecule has 0 spiro atoms. The average Bonchev–Trinajstić information content (AvgIpc) is 2.81. The molecule has 0 radical (unpaired) electrons. The number of amides is 2. The van der Waals surface area contributed by atoms with Crippen molar-refractivity contribution in [2.75, 3.05) is 26.3 Å². The molecule has 8 nitrogen and oxygen atoms in total. The Morgan fingerprint density at radius 3 is 2.18 bits per heavy atom. The number of halogens is 2. The molecular formula is C23H27F2N3O5S. The molecule has 0 unspecified atom stereocenters. The molecule has 2 amide bonds. The van der Waals surface area contributed by atoms with Gasteiger partial charge in [-0.15, -0.1) is 0 Å². The monoisotopic (exact) mass is 495 g/mol. The highest BCUT2D eigenvalue weighted by Gasteiger charge is 2.28. The lowest BCUT2D eigenvalue weighted by atomic mass is 10.0. The molecule has 1 saturated heterocycles. The van der Waals surface area contributed by atoms with Crippen LogP contribution in [-0.2, 0) is 26.1 Å². The summed E-state index contributed by atoms with van der Waals surface area (Å²) in [5.41, 5.74) is -0.110. The summed E-state index contributed by atoms with van der Waals surface area (Å²) < 4.78 is 59.8. The highest BCUT2D eigenvalue weighted by molar-refractivity contribution is 7.89. The zero-order valence-corrected chi connectivity index (χ0v) is 19.7. The van der Waals surface area contributed by atoms with Gasteiger partial charge in [-0.1, -0.05) is 32.0 Å². The molecule has 184 valence electrons. The van der Waals surface area contributed by atoms with E-state index >= 15 is 0 Å². The van der Waals surface area contributed by atoms with E-state index in [1.807, 2.05) is 0 Å². The van der Waals surface area contributed by atoms with Crippen molar-refractivity contribution in [1.29, 1.82) is 0 Å². The summed E-state index contributed by atoms with van der Waals surface area (Å²) in [5, 5.41) is 5.06. The number of carbonyl (C=O) groups is 2. The summed E-state index contributed by atoms with van der Waals surface area (Å²) >= 11 is 0. The number of morpholine rings is 1. The number of rotatable bonds is 8. The maximum Gasteiger partial charge on any atom is 0.257 e. The molecule has 0 bridgehead atoms. The zero-order valence-electron chi connectivity index (χ0n) is 18.9. The maximum atomic E-state index is 13.9. The average molecular weight is 496 g/mol. The minimum atomic E-state index is -3.62. The number of nitrogens with one attached hydrogen (secondary N) is 2. The van der Waals surface area contributed by atoms with Crippen LogP contribution in [0.1, 0.15) is 29.8 Å². The second kappa shape index (κ2) is 11.0. The van der Waals surface area contributed by atoms with E-state index in [4.69, 9.17) is 4.74 Å². The lowest BCUT2D eigenvalue weighted by Crippen LogP contribution is -2.49. The summed E-state index contributed by atoms with van der Waals surface area (Å²) in [7, 11) is -3.62. The van der Waals surface area contributed by atoms with E-state index in [1.54, 1.807) is 26.0 Å². The van der Waals surface area contributed by atoms with Crippen LogP contribution in [0.3, 0.4) is 0 Å². The van der Waals surface area contributed by atoms with Crippen LogP contribution in [-0.4, -0.2) is 56.9 Å². The molecule has 2 aromatic carbocycles. The van der Waals surface area contributed by atoms with Crippen LogP contribution in [0.4, 0.5) is 8.78 Å². The van der Waals surface area contributed by atoms with E-state index < -0.39 is 45.1 Å². The highest BCUT2D eigenvalue weighted by Crippen LogP contribution is 2.18. The fourth-order valence-corrected chi connectivity index (χ4v) is 4.89. The minimum absolute atomic E-state index is 0.0733. The second-order valence-electron chi connectivity index (χ2n) is 8.17. The Balaban J connectivity index is 1.63. The summed E-state index contributed by atoms with van der Waals surface area (Å²) in [4.78, 5) is 25.2. The molecule has 1 aliphatic heterocycles. The number of sulfonamides is 1. The summed E-state index contributed by atoms with van der Waals surface area (Å²) in [6, 6.07) is 8.15. The van der Waals surface area contributed by atoms with Gasteiger partial charge in [0, 0.05) is 19.6 Å². The molecule has 2 aromatic rings. The van der Waals surface area contributed by atoms with Crippen molar-refractivity contribution in [3.63, 3.8) is 0 Å². The molecular weight excluding hydrogens is 468 g/mol. The SMILES string of the molecule is CC(C)[C@H](NC(=O)c1c(F)cccc1F)C(=O)NCc1ccc(S(=O)(=O)N2CCOCC2)cc1. The Bertz CT molecular complexity index is 1110. The molecule has 3 rings (SSSR count). The number of carbonyl (C=O) groups excluding carboxylic acids is 2. The minimum Gasteiger partial charge on any atom is -0.379 e. The molecule has 1 aliphatic rings. The van der Waals surface area contributed by atoms with Gasteiger partial charge in [0.15, 0.2) is 0 Å². The molecule has 1 fully saturated rings. The first-order valence-corrected chi connectivity index (χ1v) is 12.2. The van der Waals surface area contributed by atoms with Crippen molar-refractivity contribution < 1.29 is 31.5 Å². The zero-order chi connectivity index (χ0) is 24.9. The summed E-state index contributed by atoms with van der Waals surface area (Å²) in [5.74, 6) is -3.97. The molecule has 11 heteroatoms. The summed E-state index contributed by atoms with van der Waals surface area (Å²) in [6.45, 7) is 4.73. The Morgan fingerprint density at radius 1 is 1.03 bits per heavy atom. The maximum absolute atomic E-state index is 13.9. The third-order valence-corrected chi connectivity index (χ3v) is 7.34. The van der Waals surface area contributed by atoms with E-state index in [2.05, 4.69) is 10.6 Å². The first kappa shape index (κ1) is 25.7. The van der Waals surface area contributed by atoms with Crippen molar-refractivity contribution in [2.24, 2.45) is 5.92 Å². The fraction of sp³-hybridized carbons (Fsp3) is 0.391. The topological polar surface area (TPSA) is 105 Å². The van der Waals surface area contributed by atoms with Crippen LogP contribution in [0.25, 0.3) is 0 Å². The van der Waals surface area contributed by atoms with Gasteiger partial charge in [0.05, 0.1) is 18.1 Å². The largest absolute Gasteiger partial charge is 0.379 e. The molecule has 1 atom stereocenters. The van der Waals surface area contributed by atoms with Crippen LogP contribution in [0.2, 0.25) is 0 Å². The van der Waals surface area contributed by atoms with Gasteiger partial charge in [-0.3, -0.25) is 9.59 Å². The molecule has 0 saturated carbocycles. The van der Waals surface area contributed by atoms with Crippen LogP contribution in [0.5, 0.6) is 0 Å². The summed E-state index contributed by atoms with van der Waals surface area (Å²) in [6.07, 6.45) is 0. The van der Waals surface area contributed by atoms with Gasteiger partial charge in [0.1, 0.15) is 23.2 Å². The number of ether oxygens (including phenoxy) is 1. The third kappa shape index (κ3) is 5.96. The fourth-order valence-electron chi connectivity index (χ4n) is 3.48. The number of nitrogens with zero attached hydrogens (tertiary/aromatic N) is 1. The van der Waals surface area contributed by atoms with E-state index in [9.17, 15) is 26.8 Å². The Hall–Kier alpha value is -2.89. The van der Waals surface area contributed by atoms with Gasteiger partial charge >= 0.3 is 0 Å². The normalized spacial score (nSPS) is 15.7.